The molecule has 0 fully saturated rings. The molecule has 3 N–H and O–H groups in total. The molecule has 0 aromatic rings. The van der Waals surface area contributed by atoms with Crippen LogP contribution in [0.5, 0.6) is 0 Å². The Labute approximate surface area is 613 Å². The Kier molecular flexibility index (Phi) is 68.7. The van der Waals surface area contributed by atoms with Crippen molar-refractivity contribution in [2.75, 3.05) is 39.6 Å². The number of hydrogen-bond acceptors (Lipinski definition) is 15. The van der Waals surface area contributed by atoms with Crippen LogP contribution in [-0.2, 0) is 65.4 Å². The SMILES string of the molecule is CC(C)CCCCCCCCCCCCCCCCCCC(=O)OC[C@H](COP(=O)(O)OCC(O)COP(=O)(O)OC[C@@H](COC(=O)CCCCCCCCCC(C)C)OC(=O)CCCCCCCCCCCCCC(C)C)OC(=O)CCCCCCCCCCCCCCCCC(C)C. The fourth-order valence-electron chi connectivity index (χ4n) is 12.4. The molecule has 3 unspecified atom stereocenters. The van der Waals surface area contributed by atoms with E-state index in [1.165, 1.54) is 212 Å². The van der Waals surface area contributed by atoms with E-state index in [-0.39, 0.29) is 25.7 Å². The highest BCUT2D eigenvalue weighted by molar-refractivity contribution is 7.47. The van der Waals surface area contributed by atoms with E-state index in [1.54, 1.807) is 0 Å². The molecule has 0 spiro atoms. The average Bonchev–Trinajstić information content (AvgIpc) is 0.978. The highest BCUT2D eigenvalue weighted by atomic mass is 31.2. The first-order chi connectivity index (χ1) is 48.1. The molecule has 0 amide bonds. The fraction of sp³-hybridized carbons (Fsp3) is 0.951. The van der Waals surface area contributed by atoms with Crippen molar-refractivity contribution < 1.29 is 80.2 Å². The van der Waals surface area contributed by atoms with Gasteiger partial charge in [-0.15, -0.1) is 0 Å². The monoisotopic (exact) mass is 1470 g/mol. The van der Waals surface area contributed by atoms with Crippen LogP contribution in [0.2, 0.25) is 0 Å². The third-order valence-electron chi connectivity index (χ3n) is 18.8. The molecule has 17 nitrogen and oxygen atoms in total. The van der Waals surface area contributed by atoms with Gasteiger partial charge in [-0.2, -0.15) is 0 Å². The first kappa shape index (κ1) is 98.1. The smallest absolute Gasteiger partial charge is 0.462 e. The van der Waals surface area contributed by atoms with Gasteiger partial charge in [0.05, 0.1) is 26.4 Å². The molecule has 0 aromatic carbocycles. The topological polar surface area (TPSA) is 237 Å². The summed E-state index contributed by atoms with van der Waals surface area (Å²) in [6.07, 6.45) is 57.0. The van der Waals surface area contributed by atoms with Gasteiger partial charge in [0.1, 0.15) is 19.3 Å². The number of rotatable bonds is 78. The zero-order valence-corrected chi connectivity index (χ0v) is 67.6. The molecule has 0 bridgehead atoms. The number of esters is 4. The van der Waals surface area contributed by atoms with E-state index < -0.39 is 97.5 Å². The van der Waals surface area contributed by atoms with Gasteiger partial charge in [-0.1, -0.05) is 364 Å². The molecule has 100 heavy (non-hydrogen) atoms. The summed E-state index contributed by atoms with van der Waals surface area (Å²) in [7, 11) is -9.92. The van der Waals surface area contributed by atoms with Crippen LogP contribution < -0.4 is 0 Å². The number of carbonyl (C=O) groups is 4. The van der Waals surface area contributed by atoms with Crippen LogP contribution in [-0.4, -0.2) is 96.7 Å². The maximum absolute atomic E-state index is 13.1. The van der Waals surface area contributed by atoms with Gasteiger partial charge >= 0.3 is 39.5 Å². The lowest BCUT2D eigenvalue weighted by Gasteiger charge is -2.21. The van der Waals surface area contributed by atoms with Crippen LogP contribution in [0.1, 0.15) is 415 Å². The number of phosphoric ester groups is 2. The van der Waals surface area contributed by atoms with E-state index in [0.717, 1.165) is 114 Å². The number of hydrogen-bond donors (Lipinski definition) is 3. The van der Waals surface area contributed by atoms with E-state index in [2.05, 4.69) is 55.4 Å². The normalized spacial score (nSPS) is 14.0. The predicted molar refractivity (Wildman–Crippen MR) is 409 cm³/mol. The number of phosphoric acid groups is 2. The number of aliphatic hydroxyl groups is 1. The zero-order valence-electron chi connectivity index (χ0n) is 65.8. The number of carbonyl (C=O) groups excluding carboxylic acids is 4. The minimum Gasteiger partial charge on any atom is -0.462 e. The average molecular weight is 1470 g/mol. The highest BCUT2D eigenvalue weighted by Gasteiger charge is 2.30. The third kappa shape index (κ3) is 74.3. The van der Waals surface area contributed by atoms with Crippen molar-refractivity contribution in [3.8, 4) is 0 Å². The van der Waals surface area contributed by atoms with Crippen molar-refractivity contribution in [2.24, 2.45) is 23.7 Å². The standard InChI is InChI=1S/C81H158O17P2/c1-71(2)57-49-41-33-26-20-15-11-9-10-12-17-23-29-37-45-53-61-78(83)91-67-76(97-80(85)63-55-47-38-30-24-18-14-13-16-21-27-34-42-50-58-72(3)4)69-95-99(87,88)93-65-75(82)66-94-100(89,90)96-70-77(68-92-79(84)62-54-46-40-32-36-44-52-60-74(7)8)98-81(86)64-56-48-39-31-25-19-22-28-35-43-51-59-73(5)6/h71-77,82H,9-70H2,1-8H3,(H,87,88)(H,89,90)/t75?,76-,77-/m1/s1. The maximum Gasteiger partial charge on any atom is 0.472 e. The molecule has 0 aromatic heterocycles. The summed E-state index contributed by atoms with van der Waals surface area (Å²) < 4.78 is 68.7. The van der Waals surface area contributed by atoms with Gasteiger partial charge in [-0.05, 0) is 49.4 Å². The molecule has 19 heteroatoms. The van der Waals surface area contributed by atoms with Crippen molar-refractivity contribution in [1.29, 1.82) is 0 Å². The summed E-state index contributed by atoms with van der Waals surface area (Å²) in [6, 6.07) is 0. The molecule has 0 heterocycles. The first-order valence-electron chi connectivity index (χ1n) is 41.7. The Balaban J connectivity index is 5.24. The lowest BCUT2D eigenvalue weighted by Crippen LogP contribution is -2.30. The van der Waals surface area contributed by atoms with Gasteiger partial charge in [-0.25, -0.2) is 9.13 Å². The second-order valence-electron chi connectivity index (χ2n) is 31.1. The molecule has 0 saturated heterocycles. The van der Waals surface area contributed by atoms with E-state index in [0.29, 0.717) is 31.6 Å². The summed E-state index contributed by atoms with van der Waals surface area (Å²) in [4.78, 5) is 73.0. The second-order valence-corrected chi connectivity index (χ2v) is 34.0. The Bertz CT molecular complexity index is 1950. The Morgan fingerprint density at radius 2 is 0.420 bits per heavy atom. The minimum atomic E-state index is -4.96. The summed E-state index contributed by atoms with van der Waals surface area (Å²) in [6.45, 7) is 14.2. The van der Waals surface area contributed by atoms with Crippen LogP contribution in [0.3, 0.4) is 0 Å². The van der Waals surface area contributed by atoms with Crippen molar-refractivity contribution in [3.05, 3.63) is 0 Å². The molecule has 594 valence electrons. The largest absolute Gasteiger partial charge is 0.472 e. The van der Waals surface area contributed by atoms with Crippen LogP contribution >= 0.6 is 15.6 Å². The van der Waals surface area contributed by atoms with Gasteiger partial charge in [0, 0.05) is 25.7 Å². The van der Waals surface area contributed by atoms with Crippen molar-refractivity contribution in [1.82, 2.24) is 0 Å². The molecule has 0 radical (unpaired) electrons. The van der Waals surface area contributed by atoms with E-state index in [9.17, 15) is 43.2 Å². The Morgan fingerprint density at radius 1 is 0.250 bits per heavy atom. The van der Waals surface area contributed by atoms with Gasteiger partial charge in [0.25, 0.3) is 0 Å². The highest BCUT2D eigenvalue weighted by Crippen LogP contribution is 2.45. The quantitative estimate of drug-likeness (QED) is 0.0222. The van der Waals surface area contributed by atoms with Gasteiger partial charge in [-0.3, -0.25) is 37.3 Å². The number of unbranched alkanes of at least 4 members (excludes halogenated alkanes) is 44. The number of aliphatic hydroxyl groups excluding tert-OH is 1. The van der Waals surface area contributed by atoms with Gasteiger partial charge in [0.2, 0.25) is 0 Å². The first-order valence-corrected chi connectivity index (χ1v) is 44.7. The lowest BCUT2D eigenvalue weighted by molar-refractivity contribution is -0.161. The Morgan fingerprint density at radius 3 is 0.620 bits per heavy atom. The summed E-state index contributed by atoms with van der Waals surface area (Å²) in [5.74, 6) is 0.963. The molecule has 0 aliphatic rings. The molecular weight excluding hydrogens is 1310 g/mol. The van der Waals surface area contributed by atoms with E-state index in [1.807, 2.05) is 0 Å². The van der Waals surface area contributed by atoms with E-state index in [4.69, 9.17) is 37.0 Å². The van der Waals surface area contributed by atoms with Crippen LogP contribution in [0.25, 0.3) is 0 Å². The maximum atomic E-state index is 13.1. The molecule has 0 aliphatic carbocycles. The molecule has 5 atom stereocenters. The lowest BCUT2D eigenvalue weighted by atomic mass is 10.0. The van der Waals surface area contributed by atoms with Gasteiger partial charge in [0.15, 0.2) is 12.2 Å². The van der Waals surface area contributed by atoms with E-state index >= 15 is 0 Å². The molecule has 0 saturated carbocycles. The van der Waals surface area contributed by atoms with Crippen molar-refractivity contribution >= 4 is 39.5 Å². The summed E-state index contributed by atoms with van der Waals surface area (Å²) >= 11 is 0. The zero-order chi connectivity index (χ0) is 73.8. The predicted octanol–water partition coefficient (Wildman–Crippen LogP) is 24.0. The molecule has 0 aliphatic heterocycles. The van der Waals surface area contributed by atoms with Crippen LogP contribution in [0, 0.1) is 23.7 Å². The van der Waals surface area contributed by atoms with Gasteiger partial charge < -0.3 is 33.8 Å². The fourth-order valence-corrected chi connectivity index (χ4v) is 14.0. The van der Waals surface area contributed by atoms with Crippen LogP contribution in [0.4, 0.5) is 0 Å². The van der Waals surface area contributed by atoms with Crippen molar-refractivity contribution in [2.45, 2.75) is 433 Å². The Hall–Kier alpha value is -1.94. The summed E-state index contributed by atoms with van der Waals surface area (Å²) in [5, 5.41) is 10.6. The van der Waals surface area contributed by atoms with Crippen molar-refractivity contribution in [3.63, 3.8) is 0 Å². The number of ether oxygens (including phenoxy) is 4. The molecule has 0 rings (SSSR count). The molecular formula is C81H158O17P2. The van der Waals surface area contributed by atoms with Crippen LogP contribution in [0.15, 0.2) is 0 Å². The summed E-state index contributed by atoms with van der Waals surface area (Å²) in [5.41, 5.74) is 0. The second kappa shape index (κ2) is 70.1. The third-order valence-corrected chi connectivity index (χ3v) is 20.7. The minimum absolute atomic E-state index is 0.105.